The Morgan fingerprint density at radius 1 is 1.54 bits per heavy atom. The van der Waals surface area contributed by atoms with E-state index in [0.717, 1.165) is 5.57 Å². The highest BCUT2D eigenvalue weighted by Gasteiger charge is 2.14. The normalized spacial score (nSPS) is 24.2. The molecule has 0 aromatic rings. The Kier molecular flexibility index (Phi) is 1.89. The molecule has 1 aliphatic carbocycles. The monoisotopic (exact) mass is 172 g/mol. The largest absolute Gasteiger partial charge is 0.381 e. The molecule has 2 heteroatoms. The molecule has 13 heavy (non-hydrogen) atoms. The number of hydrogen-bond acceptors (Lipinski definition) is 2. The van der Waals surface area contributed by atoms with Crippen LogP contribution in [0.3, 0.4) is 0 Å². The Morgan fingerprint density at radius 2 is 2.38 bits per heavy atom. The molecule has 0 spiro atoms. The minimum Gasteiger partial charge on any atom is -0.381 e. The molecule has 0 saturated heterocycles. The van der Waals surface area contributed by atoms with E-state index in [2.05, 4.69) is 23.5 Å². The summed E-state index contributed by atoms with van der Waals surface area (Å²) in [6.07, 6.45) is 12.1. The second-order valence-corrected chi connectivity index (χ2v) is 3.25. The highest BCUT2D eigenvalue weighted by molar-refractivity contribution is 5.99. The molecule has 0 fully saturated rings. The van der Waals surface area contributed by atoms with Gasteiger partial charge in [0.1, 0.15) is 0 Å². The van der Waals surface area contributed by atoms with E-state index in [4.69, 9.17) is 5.41 Å². The van der Waals surface area contributed by atoms with Gasteiger partial charge in [-0.2, -0.15) is 0 Å². The number of hydrogen-bond donors (Lipinski definition) is 2. The van der Waals surface area contributed by atoms with Crippen molar-refractivity contribution in [3.63, 3.8) is 0 Å². The van der Waals surface area contributed by atoms with Crippen LogP contribution < -0.4 is 5.32 Å². The Balaban J connectivity index is 2.38. The van der Waals surface area contributed by atoms with Gasteiger partial charge in [0, 0.05) is 5.71 Å². The molecule has 66 valence electrons. The molecular weight excluding hydrogens is 160 g/mol. The fourth-order valence-electron chi connectivity index (χ4n) is 1.48. The lowest BCUT2D eigenvalue weighted by atomic mass is 10.1. The van der Waals surface area contributed by atoms with Gasteiger partial charge in [0.15, 0.2) is 0 Å². The average molecular weight is 172 g/mol. The zero-order valence-electron chi connectivity index (χ0n) is 7.54. The van der Waals surface area contributed by atoms with Crippen molar-refractivity contribution in [3.8, 4) is 0 Å². The summed E-state index contributed by atoms with van der Waals surface area (Å²) in [4.78, 5) is 0. The van der Waals surface area contributed by atoms with Crippen molar-refractivity contribution in [2.45, 2.75) is 13.0 Å². The van der Waals surface area contributed by atoms with Crippen LogP contribution in [0.5, 0.6) is 0 Å². The van der Waals surface area contributed by atoms with Crippen molar-refractivity contribution < 1.29 is 0 Å². The van der Waals surface area contributed by atoms with Crippen LogP contribution in [0.15, 0.2) is 47.7 Å². The summed E-state index contributed by atoms with van der Waals surface area (Å²) < 4.78 is 0. The predicted octanol–water partition coefficient (Wildman–Crippen LogP) is 1.93. The lowest BCUT2D eigenvalue weighted by molar-refractivity contribution is 0.851. The molecule has 2 aliphatic rings. The molecule has 1 heterocycles. The van der Waals surface area contributed by atoms with Crippen LogP contribution in [0.1, 0.15) is 6.92 Å². The summed E-state index contributed by atoms with van der Waals surface area (Å²) in [5.74, 6) is 0. The lowest BCUT2D eigenvalue weighted by Gasteiger charge is -2.06. The molecule has 2 rings (SSSR count). The zero-order chi connectivity index (χ0) is 9.26. The molecule has 0 bridgehead atoms. The fraction of sp³-hybridized carbons (Fsp3) is 0.182. The van der Waals surface area contributed by atoms with Gasteiger partial charge >= 0.3 is 0 Å². The smallest absolute Gasteiger partial charge is 0.0696 e. The molecule has 1 aliphatic heterocycles. The van der Waals surface area contributed by atoms with Crippen molar-refractivity contribution in [1.82, 2.24) is 5.32 Å². The number of fused-ring (bicyclic) bond motifs is 1. The van der Waals surface area contributed by atoms with Crippen LogP contribution in [-0.2, 0) is 0 Å². The van der Waals surface area contributed by atoms with Crippen LogP contribution >= 0.6 is 0 Å². The van der Waals surface area contributed by atoms with Crippen LogP contribution in [0.25, 0.3) is 0 Å². The van der Waals surface area contributed by atoms with Gasteiger partial charge in [0.05, 0.1) is 6.04 Å². The summed E-state index contributed by atoms with van der Waals surface area (Å²) in [5, 5.41) is 10.8. The van der Waals surface area contributed by atoms with Gasteiger partial charge in [-0.05, 0) is 36.4 Å². The number of allylic oxidation sites excluding steroid dienone is 4. The summed E-state index contributed by atoms with van der Waals surface area (Å²) in [5.41, 5.74) is 2.83. The molecule has 1 unspecified atom stereocenters. The molecule has 2 N–H and O–H groups in total. The van der Waals surface area contributed by atoms with Crippen molar-refractivity contribution in [2.75, 3.05) is 0 Å². The molecule has 0 saturated carbocycles. The first-order valence-corrected chi connectivity index (χ1v) is 4.35. The quantitative estimate of drug-likeness (QED) is 0.582. The standard InChI is InChI=1S/C11H12N2/c1-8(12)9-3-2-4-11-10(7-9)5-6-13-11/h2-7,11-13H,1H3. The van der Waals surface area contributed by atoms with Crippen molar-refractivity contribution in [3.05, 3.63) is 47.7 Å². The third-order valence-corrected chi connectivity index (χ3v) is 2.25. The predicted molar refractivity (Wildman–Crippen MR) is 54.8 cm³/mol. The Labute approximate surface area is 77.9 Å². The van der Waals surface area contributed by atoms with Gasteiger partial charge in [-0.1, -0.05) is 18.2 Å². The van der Waals surface area contributed by atoms with E-state index in [0.29, 0.717) is 11.8 Å². The molecule has 0 radical (unpaired) electrons. The molecular formula is C11H12N2. The maximum atomic E-state index is 7.55. The third-order valence-electron chi connectivity index (χ3n) is 2.25. The highest BCUT2D eigenvalue weighted by atomic mass is 14.9. The van der Waals surface area contributed by atoms with Gasteiger partial charge in [-0.25, -0.2) is 0 Å². The van der Waals surface area contributed by atoms with Gasteiger partial charge in [0.25, 0.3) is 0 Å². The first-order valence-electron chi connectivity index (χ1n) is 4.35. The summed E-state index contributed by atoms with van der Waals surface area (Å²) in [6, 6.07) is 0.299. The summed E-state index contributed by atoms with van der Waals surface area (Å²) in [6.45, 7) is 1.81. The molecule has 2 nitrogen and oxygen atoms in total. The number of nitrogens with one attached hydrogen (secondary N) is 2. The SMILES string of the molecule is CC(=N)C1=CC=CC2NC=CC2=C1. The summed E-state index contributed by atoms with van der Waals surface area (Å²) >= 11 is 0. The molecule has 0 amide bonds. The maximum Gasteiger partial charge on any atom is 0.0696 e. The van der Waals surface area contributed by atoms with E-state index in [1.54, 1.807) is 0 Å². The second-order valence-electron chi connectivity index (χ2n) is 3.25. The topological polar surface area (TPSA) is 35.9 Å². The van der Waals surface area contributed by atoms with E-state index in [1.807, 2.05) is 25.3 Å². The first kappa shape index (κ1) is 8.05. The summed E-state index contributed by atoms with van der Waals surface area (Å²) in [7, 11) is 0. The zero-order valence-corrected chi connectivity index (χ0v) is 7.54. The van der Waals surface area contributed by atoms with Crippen LogP contribution in [0.4, 0.5) is 0 Å². The lowest BCUT2D eigenvalue weighted by Crippen LogP contribution is -2.17. The Bertz CT molecular complexity index is 356. The maximum absolute atomic E-state index is 7.55. The highest BCUT2D eigenvalue weighted by Crippen LogP contribution is 2.18. The molecule has 0 aromatic carbocycles. The van der Waals surface area contributed by atoms with Gasteiger partial charge in [0.2, 0.25) is 0 Å². The molecule has 0 aromatic heterocycles. The van der Waals surface area contributed by atoms with Crippen molar-refractivity contribution >= 4 is 5.71 Å². The van der Waals surface area contributed by atoms with Crippen molar-refractivity contribution in [1.29, 1.82) is 5.41 Å². The Morgan fingerprint density at radius 3 is 3.15 bits per heavy atom. The Hall–Kier alpha value is -1.57. The van der Waals surface area contributed by atoms with Crippen molar-refractivity contribution in [2.24, 2.45) is 0 Å². The van der Waals surface area contributed by atoms with Gasteiger partial charge < -0.3 is 10.7 Å². The van der Waals surface area contributed by atoms with E-state index in [-0.39, 0.29) is 0 Å². The third kappa shape index (κ3) is 1.47. The second kappa shape index (κ2) is 3.05. The first-order chi connectivity index (χ1) is 6.27. The molecule has 1 atom stereocenters. The van der Waals surface area contributed by atoms with Gasteiger partial charge in [-0.15, -0.1) is 0 Å². The fourth-order valence-corrected chi connectivity index (χ4v) is 1.48. The average Bonchev–Trinajstić information content (AvgIpc) is 2.42. The van der Waals surface area contributed by atoms with E-state index >= 15 is 0 Å². The minimum absolute atomic E-state index is 0.299. The van der Waals surface area contributed by atoms with E-state index in [9.17, 15) is 0 Å². The van der Waals surface area contributed by atoms with Crippen LogP contribution in [-0.4, -0.2) is 11.8 Å². The van der Waals surface area contributed by atoms with E-state index < -0.39 is 0 Å². The minimum atomic E-state index is 0.299. The van der Waals surface area contributed by atoms with E-state index in [1.165, 1.54) is 5.57 Å². The van der Waals surface area contributed by atoms with Crippen LogP contribution in [0, 0.1) is 5.41 Å². The number of rotatable bonds is 1. The van der Waals surface area contributed by atoms with Gasteiger partial charge in [-0.3, -0.25) is 0 Å². The van der Waals surface area contributed by atoms with Crippen LogP contribution in [0.2, 0.25) is 0 Å².